The molecule has 0 aromatic heterocycles. The third-order valence-electron chi connectivity index (χ3n) is 4.27. The van der Waals surface area contributed by atoms with Crippen molar-refractivity contribution in [1.82, 2.24) is 0 Å². The van der Waals surface area contributed by atoms with Gasteiger partial charge < -0.3 is 14.8 Å². The maximum atomic E-state index is 12.4. The lowest BCUT2D eigenvalue weighted by Gasteiger charge is -2.10. The molecule has 31 heavy (non-hydrogen) atoms. The van der Waals surface area contributed by atoms with Crippen molar-refractivity contribution in [3.63, 3.8) is 0 Å². The van der Waals surface area contributed by atoms with E-state index in [0.717, 1.165) is 0 Å². The van der Waals surface area contributed by atoms with Gasteiger partial charge in [0.15, 0.2) is 12.4 Å². The summed E-state index contributed by atoms with van der Waals surface area (Å²) in [6.45, 7) is 3.37. The average molecular weight is 417 g/mol. The van der Waals surface area contributed by atoms with Crippen LogP contribution in [-0.2, 0) is 9.53 Å². The number of carbonyl (C=O) groups is 3. The van der Waals surface area contributed by atoms with Crippen molar-refractivity contribution in [3.8, 4) is 5.75 Å². The molecule has 0 radical (unpaired) electrons. The van der Waals surface area contributed by atoms with E-state index in [4.69, 9.17) is 9.47 Å². The Balaban J connectivity index is 1.50. The second-order valence-electron chi connectivity index (χ2n) is 7.09. The number of nitrogens with one attached hydrogen (secondary N) is 1. The van der Waals surface area contributed by atoms with E-state index in [-0.39, 0.29) is 24.4 Å². The van der Waals surface area contributed by atoms with Crippen LogP contribution in [0.2, 0.25) is 0 Å². The van der Waals surface area contributed by atoms with Gasteiger partial charge in [-0.25, -0.2) is 4.79 Å². The van der Waals surface area contributed by atoms with Gasteiger partial charge in [-0.15, -0.1) is 0 Å². The van der Waals surface area contributed by atoms with Crippen LogP contribution in [0.1, 0.15) is 40.1 Å². The molecule has 0 atom stereocenters. The molecule has 0 saturated carbocycles. The number of esters is 1. The van der Waals surface area contributed by atoms with Crippen molar-refractivity contribution in [2.75, 3.05) is 11.9 Å². The molecular weight excluding hydrogens is 394 g/mol. The van der Waals surface area contributed by atoms with Crippen molar-refractivity contribution in [2.45, 2.75) is 20.0 Å². The van der Waals surface area contributed by atoms with E-state index < -0.39 is 5.97 Å². The van der Waals surface area contributed by atoms with Crippen molar-refractivity contribution in [2.24, 2.45) is 0 Å². The zero-order chi connectivity index (χ0) is 22.2. The van der Waals surface area contributed by atoms with E-state index in [1.54, 1.807) is 74.5 Å². The lowest BCUT2D eigenvalue weighted by molar-refractivity contribution is -0.118. The van der Waals surface area contributed by atoms with Crippen LogP contribution in [0.5, 0.6) is 5.75 Å². The first-order valence-corrected chi connectivity index (χ1v) is 9.86. The number of amides is 1. The molecule has 158 valence electrons. The molecule has 3 rings (SSSR count). The first-order chi connectivity index (χ1) is 14.9. The molecule has 6 heteroatoms. The summed E-state index contributed by atoms with van der Waals surface area (Å²) < 4.78 is 10.6. The lowest BCUT2D eigenvalue weighted by Crippen LogP contribution is -2.20. The Kier molecular flexibility index (Phi) is 7.17. The van der Waals surface area contributed by atoms with Crippen LogP contribution in [0.25, 0.3) is 0 Å². The Morgan fingerprint density at radius 3 is 1.97 bits per heavy atom. The lowest BCUT2D eigenvalue weighted by atomic mass is 10.0. The third kappa shape index (κ3) is 6.27. The smallest absolute Gasteiger partial charge is 0.338 e. The molecule has 6 nitrogen and oxygen atoms in total. The zero-order valence-corrected chi connectivity index (χ0v) is 17.3. The van der Waals surface area contributed by atoms with Crippen LogP contribution >= 0.6 is 0 Å². The number of hydrogen-bond donors (Lipinski definition) is 1. The van der Waals surface area contributed by atoms with Crippen LogP contribution in [-0.4, -0.2) is 30.4 Å². The molecule has 0 fully saturated rings. The van der Waals surface area contributed by atoms with Crippen molar-refractivity contribution in [1.29, 1.82) is 0 Å². The van der Waals surface area contributed by atoms with Gasteiger partial charge in [-0.3, -0.25) is 9.59 Å². The van der Waals surface area contributed by atoms with E-state index in [2.05, 4.69) is 5.32 Å². The molecule has 0 aliphatic heterocycles. The summed E-state index contributed by atoms with van der Waals surface area (Å²) in [6.07, 6.45) is -0.199. The molecule has 1 amide bonds. The highest BCUT2D eigenvalue weighted by atomic mass is 16.5. The molecule has 3 aromatic carbocycles. The third-order valence-corrected chi connectivity index (χ3v) is 4.27. The number of ether oxygens (including phenoxy) is 2. The van der Waals surface area contributed by atoms with E-state index in [1.165, 1.54) is 0 Å². The molecular formula is C25H23NO5. The summed E-state index contributed by atoms with van der Waals surface area (Å²) in [5, 5.41) is 2.70. The normalized spacial score (nSPS) is 10.4. The van der Waals surface area contributed by atoms with Gasteiger partial charge in [0.1, 0.15) is 5.75 Å². The molecule has 1 N–H and O–H groups in total. The molecule has 0 heterocycles. The minimum atomic E-state index is -0.412. The maximum Gasteiger partial charge on any atom is 0.338 e. The number of carbonyl (C=O) groups excluding carboxylic acids is 3. The van der Waals surface area contributed by atoms with Gasteiger partial charge in [-0.1, -0.05) is 30.3 Å². The molecule has 0 saturated heterocycles. The van der Waals surface area contributed by atoms with Gasteiger partial charge in [0.05, 0.1) is 11.7 Å². The number of benzene rings is 3. The van der Waals surface area contributed by atoms with Crippen LogP contribution in [0.3, 0.4) is 0 Å². The Morgan fingerprint density at radius 1 is 0.774 bits per heavy atom. The fourth-order valence-electron chi connectivity index (χ4n) is 2.78. The molecule has 0 unspecified atom stereocenters. The maximum absolute atomic E-state index is 12.4. The quantitative estimate of drug-likeness (QED) is 0.431. The Hall–Kier alpha value is -3.93. The van der Waals surface area contributed by atoms with E-state index in [0.29, 0.717) is 28.1 Å². The highest BCUT2D eigenvalue weighted by molar-refractivity contribution is 6.09. The fourth-order valence-corrected chi connectivity index (χ4v) is 2.78. The fraction of sp³-hybridized carbons (Fsp3) is 0.160. The number of ketones is 1. The van der Waals surface area contributed by atoms with Gasteiger partial charge in [-0.05, 0) is 62.4 Å². The molecule has 3 aromatic rings. The topological polar surface area (TPSA) is 81.7 Å². The number of anilines is 1. The predicted octanol–water partition coefficient (Wildman–Crippen LogP) is 4.50. The minimum absolute atomic E-state index is 0.0781. The molecule has 0 aliphatic carbocycles. The Labute approximate surface area is 180 Å². The highest BCUT2D eigenvalue weighted by Crippen LogP contribution is 2.16. The monoisotopic (exact) mass is 417 g/mol. The second kappa shape index (κ2) is 10.2. The van der Waals surface area contributed by atoms with Crippen LogP contribution in [0, 0.1) is 0 Å². The summed E-state index contributed by atoms with van der Waals surface area (Å²) in [7, 11) is 0. The number of hydrogen-bond acceptors (Lipinski definition) is 5. The summed E-state index contributed by atoms with van der Waals surface area (Å²) in [4.78, 5) is 36.4. The number of rotatable bonds is 8. The molecule has 0 bridgehead atoms. The Bertz CT molecular complexity index is 1040. The van der Waals surface area contributed by atoms with Gasteiger partial charge >= 0.3 is 5.97 Å². The van der Waals surface area contributed by atoms with Crippen LogP contribution in [0.4, 0.5) is 5.69 Å². The van der Waals surface area contributed by atoms with Gasteiger partial charge in [0.2, 0.25) is 0 Å². The van der Waals surface area contributed by atoms with E-state index >= 15 is 0 Å². The van der Waals surface area contributed by atoms with Crippen LogP contribution in [0.15, 0.2) is 78.9 Å². The molecule has 0 spiro atoms. The SMILES string of the molecule is CC(C)OC(=O)c1ccc(NC(=O)COc2ccc(C(=O)c3ccccc3)cc2)cc1. The second-order valence-corrected chi connectivity index (χ2v) is 7.09. The summed E-state index contributed by atoms with van der Waals surface area (Å²) >= 11 is 0. The average Bonchev–Trinajstić information content (AvgIpc) is 2.78. The highest BCUT2D eigenvalue weighted by Gasteiger charge is 2.11. The zero-order valence-electron chi connectivity index (χ0n) is 17.3. The first-order valence-electron chi connectivity index (χ1n) is 9.86. The van der Waals surface area contributed by atoms with E-state index in [1.807, 2.05) is 18.2 Å². The van der Waals surface area contributed by atoms with Gasteiger partial charge in [-0.2, -0.15) is 0 Å². The van der Waals surface area contributed by atoms with Crippen molar-refractivity contribution in [3.05, 3.63) is 95.6 Å². The Morgan fingerprint density at radius 2 is 1.35 bits per heavy atom. The van der Waals surface area contributed by atoms with Gasteiger partial charge in [0.25, 0.3) is 5.91 Å². The van der Waals surface area contributed by atoms with Crippen LogP contribution < -0.4 is 10.1 Å². The van der Waals surface area contributed by atoms with Gasteiger partial charge in [0, 0.05) is 16.8 Å². The predicted molar refractivity (Wildman–Crippen MR) is 117 cm³/mol. The largest absolute Gasteiger partial charge is 0.484 e. The van der Waals surface area contributed by atoms with Crippen molar-refractivity contribution < 1.29 is 23.9 Å². The summed E-state index contributed by atoms with van der Waals surface area (Å²) in [5.74, 6) is -0.357. The standard InChI is InChI=1S/C25H23NO5/c1-17(2)31-25(29)20-8-12-21(13-9-20)26-23(27)16-30-22-14-10-19(11-15-22)24(28)18-6-4-3-5-7-18/h3-15,17H,16H2,1-2H3,(H,26,27). The minimum Gasteiger partial charge on any atom is -0.484 e. The van der Waals surface area contributed by atoms with E-state index in [9.17, 15) is 14.4 Å². The van der Waals surface area contributed by atoms with Crippen molar-refractivity contribution >= 4 is 23.3 Å². The summed E-state index contributed by atoms with van der Waals surface area (Å²) in [5.41, 5.74) is 2.10. The first kappa shape index (κ1) is 21.8. The summed E-state index contributed by atoms with van der Waals surface area (Å²) in [6, 6.07) is 22.1. The molecule has 0 aliphatic rings.